The molecule has 7 heteroatoms. The molecule has 2 amide bonds. The Morgan fingerprint density at radius 3 is 2.20 bits per heavy atom. The Hall–Kier alpha value is -3.78. The first-order valence-electron chi connectivity index (χ1n) is 19.0. The summed E-state index contributed by atoms with van der Waals surface area (Å²) in [5, 5.41) is 12.2. The predicted molar refractivity (Wildman–Crippen MR) is 205 cm³/mol. The van der Waals surface area contributed by atoms with Gasteiger partial charge in [0.1, 0.15) is 5.75 Å². The molecule has 0 radical (unpaired) electrons. The predicted octanol–water partition coefficient (Wildman–Crippen LogP) is 7.80. The van der Waals surface area contributed by atoms with E-state index in [1.165, 1.54) is 27.9 Å². The maximum atomic E-state index is 14.3. The molecule has 3 fully saturated rings. The van der Waals surface area contributed by atoms with Crippen molar-refractivity contribution < 1.29 is 23.9 Å². The fourth-order valence-corrected chi connectivity index (χ4v) is 14.2. The van der Waals surface area contributed by atoms with Crippen molar-refractivity contribution >= 4 is 36.6 Å². The molecule has 0 unspecified atom stereocenters. The minimum absolute atomic E-state index is 0.0206. The Kier molecular flexibility index (Phi) is 10.3. The third-order valence-electron chi connectivity index (χ3n) is 11.9. The minimum atomic E-state index is -2.85. The van der Waals surface area contributed by atoms with Gasteiger partial charge < -0.3 is 14.3 Å². The van der Waals surface area contributed by atoms with Crippen molar-refractivity contribution in [3.05, 3.63) is 107 Å². The minimum Gasteiger partial charge on any atom is -0.508 e. The first-order valence-corrected chi connectivity index (χ1v) is 20.9. The van der Waals surface area contributed by atoms with Crippen LogP contribution in [-0.4, -0.2) is 55.5 Å². The molecular formula is C44H53NO5Si. The lowest BCUT2D eigenvalue weighted by Gasteiger charge is -2.44. The zero-order valence-electron chi connectivity index (χ0n) is 30.6. The highest BCUT2D eigenvalue weighted by atomic mass is 28.4. The first kappa shape index (κ1) is 35.6. The second-order valence-corrected chi connectivity index (χ2v) is 20.5. The number of ether oxygens (including phenoxy) is 1. The summed E-state index contributed by atoms with van der Waals surface area (Å²) in [5.74, 6) is -0.542. The van der Waals surface area contributed by atoms with E-state index < -0.39 is 8.32 Å². The second-order valence-electron chi connectivity index (χ2n) is 16.2. The van der Waals surface area contributed by atoms with Gasteiger partial charge >= 0.3 is 0 Å². The number of nitrogens with zero attached hydrogens (tertiary/aromatic N) is 1. The van der Waals surface area contributed by atoms with Crippen molar-refractivity contribution in [2.45, 2.75) is 96.2 Å². The van der Waals surface area contributed by atoms with Crippen LogP contribution in [0.15, 0.2) is 102 Å². The van der Waals surface area contributed by atoms with Crippen molar-refractivity contribution in [3.8, 4) is 5.75 Å². The molecule has 0 aromatic heterocycles. The highest BCUT2D eigenvalue weighted by molar-refractivity contribution is 6.99. The fourth-order valence-electron chi connectivity index (χ4n) is 9.62. The number of benzene rings is 3. The zero-order chi connectivity index (χ0) is 35.8. The van der Waals surface area contributed by atoms with E-state index in [4.69, 9.17) is 9.16 Å². The number of imide groups is 1. The molecule has 2 heterocycles. The smallest absolute Gasteiger partial charge is 0.261 e. The molecule has 3 aromatic rings. The van der Waals surface area contributed by atoms with Crippen LogP contribution in [-0.2, 0) is 18.8 Å². The Labute approximate surface area is 304 Å². The number of hydrogen-bond acceptors (Lipinski definition) is 5. The van der Waals surface area contributed by atoms with E-state index in [1.54, 1.807) is 17.0 Å². The van der Waals surface area contributed by atoms with E-state index in [0.29, 0.717) is 19.6 Å². The van der Waals surface area contributed by atoms with E-state index in [0.717, 1.165) is 49.7 Å². The Morgan fingerprint density at radius 1 is 0.902 bits per heavy atom. The van der Waals surface area contributed by atoms with Crippen molar-refractivity contribution in [3.63, 3.8) is 0 Å². The van der Waals surface area contributed by atoms with Crippen LogP contribution in [0.4, 0.5) is 0 Å². The maximum absolute atomic E-state index is 14.3. The van der Waals surface area contributed by atoms with Gasteiger partial charge in [0.2, 0.25) is 11.8 Å². The fraction of sp³-hybridized carbons (Fsp3) is 0.455. The van der Waals surface area contributed by atoms with Crippen LogP contribution >= 0.6 is 0 Å². The van der Waals surface area contributed by atoms with Crippen molar-refractivity contribution in [1.82, 2.24) is 4.90 Å². The summed E-state index contributed by atoms with van der Waals surface area (Å²) in [6, 6.07) is 28.7. The quantitative estimate of drug-likeness (QED) is 0.133. The van der Waals surface area contributed by atoms with Gasteiger partial charge in [-0.1, -0.05) is 124 Å². The number of amides is 2. The number of likely N-dealkylation sites (tertiary alicyclic amines) is 1. The van der Waals surface area contributed by atoms with E-state index in [9.17, 15) is 14.7 Å². The summed E-state index contributed by atoms with van der Waals surface area (Å²) in [4.78, 5) is 30.2. The third-order valence-corrected chi connectivity index (χ3v) is 16.9. The first-order chi connectivity index (χ1) is 24.6. The van der Waals surface area contributed by atoms with E-state index >= 15 is 0 Å². The van der Waals surface area contributed by atoms with Crippen molar-refractivity contribution in [1.29, 1.82) is 0 Å². The number of carbonyl (C=O) groups is 2. The maximum Gasteiger partial charge on any atom is 0.261 e. The van der Waals surface area contributed by atoms with Crippen LogP contribution in [0.1, 0.15) is 84.6 Å². The highest BCUT2D eigenvalue weighted by Gasteiger charge is 2.59. The topological polar surface area (TPSA) is 76.1 Å². The largest absolute Gasteiger partial charge is 0.508 e. The second kappa shape index (κ2) is 14.7. The van der Waals surface area contributed by atoms with Gasteiger partial charge in [0.05, 0.1) is 31.2 Å². The van der Waals surface area contributed by atoms with E-state index in [-0.39, 0.29) is 52.5 Å². The Balaban J connectivity index is 1.25. The number of hydrogen-bond donors (Lipinski definition) is 1. The van der Waals surface area contributed by atoms with E-state index in [2.05, 4.69) is 94.4 Å². The lowest BCUT2D eigenvalue weighted by molar-refractivity contribution is -0.143. The van der Waals surface area contributed by atoms with Gasteiger partial charge in [-0.3, -0.25) is 14.5 Å². The number of phenols is 1. The number of aromatic hydroxyl groups is 1. The lowest BCUT2D eigenvalue weighted by Crippen LogP contribution is -2.66. The van der Waals surface area contributed by atoms with Crippen LogP contribution in [0.25, 0.3) is 6.08 Å². The van der Waals surface area contributed by atoms with Gasteiger partial charge in [0.25, 0.3) is 8.32 Å². The molecule has 0 spiro atoms. The number of carbonyl (C=O) groups excluding carboxylic acids is 2. The molecule has 51 heavy (non-hydrogen) atoms. The van der Waals surface area contributed by atoms with Gasteiger partial charge in [-0.15, -0.1) is 0 Å². The van der Waals surface area contributed by atoms with Crippen LogP contribution in [0, 0.1) is 17.8 Å². The van der Waals surface area contributed by atoms with Crippen LogP contribution in [0.5, 0.6) is 5.75 Å². The summed E-state index contributed by atoms with van der Waals surface area (Å²) < 4.78 is 14.2. The number of rotatable bonds is 10. The number of phenolic OH excluding ortho intramolecular Hbond substituents is 1. The molecular weight excluding hydrogens is 651 g/mol. The summed E-state index contributed by atoms with van der Waals surface area (Å²) >= 11 is 0. The molecule has 2 aliphatic carbocycles. The zero-order valence-corrected chi connectivity index (χ0v) is 31.6. The molecule has 2 saturated heterocycles. The Morgan fingerprint density at radius 2 is 1.57 bits per heavy atom. The van der Waals surface area contributed by atoms with Crippen LogP contribution in [0.3, 0.4) is 0 Å². The summed E-state index contributed by atoms with van der Waals surface area (Å²) in [5.41, 5.74) is 4.52. The normalized spacial score (nSPS) is 24.6. The average Bonchev–Trinajstić information content (AvgIpc) is 3.66. The standard InChI is InChI=1S/C44H53NO5Si/c1-30(25-31-15-14-18-34(46)26-31)23-24-39-40-32(27-37-41(38(40)29-49-39)43(48)45(42(37)47)33-16-8-5-9-17-33)28-50-51(44(2,3)4,35-19-10-6-11-20-35)36-21-12-7-13-22-36/h6-7,10-15,18-22,25-26,33,37-39,41,46H,5,8-9,16-17,23-24,27-29H2,1-4H3/b30-25+/t37-,38+,39-,41-/m1/s1. The monoisotopic (exact) mass is 703 g/mol. The molecule has 268 valence electrons. The highest BCUT2D eigenvalue weighted by Crippen LogP contribution is 2.51. The molecule has 4 atom stereocenters. The Bertz CT molecular complexity index is 1750. The third kappa shape index (κ3) is 6.81. The van der Waals surface area contributed by atoms with Crippen LogP contribution in [0.2, 0.25) is 5.04 Å². The summed E-state index contributed by atoms with van der Waals surface area (Å²) in [6.07, 6.45) is 9.25. The van der Waals surface area contributed by atoms with Crippen molar-refractivity contribution in [2.75, 3.05) is 13.2 Å². The molecule has 0 bridgehead atoms. The number of fused-ring (bicyclic) bond motifs is 3. The summed E-state index contributed by atoms with van der Waals surface area (Å²) in [7, 11) is -2.85. The van der Waals surface area contributed by atoms with E-state index in [1.807, 2.05) is 12.1 Å². The van der Waals surface area contributed by atoms with Gasteiger partial charge in [-0.2, -0.15) is 0 Å². The molecule has 1 N–H and O–H groups in total. The SMILES string of the molecule is C/C(=C\c1cccc(O)c1)CC[C@H]1OC[C@H]2C1=C(CO[Si](c1ccccc1)(c1ccccc1)C(C)(C)C)C[C@H]1C(=O)N(C3CCCCC3)C(=O)[C@H]12. The molecule has 2 aliphatic heterocycles. The van der Waals surface area contributed by atoms with Gasteiger partial charge in [-0.25, -0.2) is 0 Å². The molecule has 7 rings (SSSR count). The molecule has 3 aromatic carbocycles. The molecule has 1 saturated carbocycles. The molecule has 6 nitrogen and oxygen atoms in total. The summed E-state index contributed by atoms with van der Waals surface area (Å²) in [6.45, 7) is 9.86. The van der Waals surface area contributed by atoms with Crippen LogP contribution < -0.4 is 10.4 Å². The lowest BCUT2D eigenvalue weighted by atomic mass is 9.69. The van der Waals surface area contributed by atoms with Crippen molar-refractivity contribution in [2.24, 2.45) is 17.8 Å². The van der Waals surface area contributed by atoms with Gasteiger partial charge in [-0.05, 0) is 83.3 Å². The molecule has 4 aliphatic rings. The average molecular weight is 704 g/mol. The van der Waals surface area contributed by atoms with Gasteiger partial charge in [0.15, 0.2) is 0 Å². The number of allylic oxidation sites excluding steroid dienone is 1. The van der Waals surface area contributed by atoms with Gasteiger partial charge in [0, 0.05) is 12.0 Å².